The number of rotatable bonds is 5. The van der Waals surface area contributed by atoms with E-state index in [0.717, 1.165) is 47.5 Å². The van der Waals surface area contributed by atoms with Gasteiger partial charge in [-0.2, -0.15) is 0 Å². The fourth-order valence-electron chi connectivity index (χ4n) is 3.03. The van der Waals surface area contributed by atoms with E-state index in [0.29, 0.717) is 16.7 Å². The molecule has 0 aliphatic carbocycles. The van der Waals surface area contributed by atoms with Crippen LogP contribution in [-0.4, -0.2) is 36.3 Å². The number of morpholine rings is 1. The minimum absolute atomic E-state index is 0.539. The van der Waals surface area contributed by atoms with Crippen LogP contribution in [0.5, 0.6) is 0 Å². The summed E-state index contributed by atoms with van der Waals surface area (Å²) < 4.78 is 5.41. The van der Waals surface area contributed by atoms with Crippen LogP contribution in [0.25, 0.3) is 0 Å². The molecule has 1 aliphatic heterocycles. The van der Waals surface area contributed by atoms with E-state index in [2.05, 4.69) is 32.3 Å². The Hall–Kier alpha value is -2.48. The Labute approximate surface area is 206 Å². The molecule has 0 spiro atoms. The zero-order chi connectivity index (χ0) is 24.2. The standard InChI is InChI=1S/C21H22ClN5OS.2C2H6/c1-14-17(23)6-7-18(20(14)22)29-19-8-9-24-21(26-19)25-15-2-4-16(5-3-15)27-10-12-28-13-11-27;2*1-2/h2-9H,10-13,23H2,1H3,(H,24,25,26);2*1-2H3. The van der Waals surface area contributed by atoms with Crippen molar-refractivity contribution in [3.05, 3.63) is 59.2 Å². The van der Waals surface area contributed by atoms with Crippen LogP contribution < -0.4 is 16.0 Å². The number of aromatic nitrogens is 2. The molecule has 0 amide bonds. The molecule has 1 aliphatic rings. The number of benzene rings is 2. The molecule has 2 heterocycles. The molecule has 1 saturated heterocycles. The molecular weight excluding hydrogens is 454 g/mol. The lowest BCUT2D eigenvalue weighted by molar-refractivity contribution is 0.122. The van der Waals surface area contributed by atoms with Gasteiger partial charge in [-0.25, -0.2) is 9.97 Å². The minimum atomic E-state index is 0.539. The molecule has 2 aromatic carbocycles. The van der Waals surface area contributed by atoms with Gasteiger partial charge in [0.2, 0.25) is 5.95 Å². The first-order chi connectivity index (χ1) is 16.1. The first-order valence-corrected chi connectivity index (χ1v) is 12.5. The molecule has 0 unspecified atom stereocenters. The van der Waals surface area contributed by atoms with Gasteiger partial charge in [0.25, 0.3) is 0 Å². The highest BCUT2D eigenvalue weighted by Crippen LogP contribution is 2.36. The minimum Gasteiger partial charge on any atom is -0.398 e. The Morgan fingerprint density at radius 2 is 1.67 bits per heavy atom. The van der Waals surface area contributed by atoms with E-state index in [1.165, 1.54) is 17.4 Å². The van der Waals surface area contributed by atoms with Crippen LogP contribution in [0.4, 0.5) is 23.0 Å². The van der Waals surface area contributed by atoms with Gasteiger partial charge in [-0.1, -0.05) is 51.1 Å². The maximum absolute atomic E-state index is 6.43. The second-order valence-corrected chi connectivity index (χ2v) is 8.12. The second kappa shape index (κ2) is 13.9. The van der Waals surface area contributed by atoms with Gasteiger partial charge >= 0.3 is 0 Å². The van der Waals surface area contributed by atoms with E-state index in [4.69, 9.17) is 22.1 Å². The molecule has 33 heavy (non-hydrogen) atoms. The lowest BCUT2D eigenvalue weighted by atomic mass is 10.2. The summed E-state index contributed by atoms with van der Waals surface area (Å²) in [5, 5.41) is 4.72. The molecule has 6 nitrogen and oxygen atoms in total. The number of halogens is 1. The van der Waals surface area contributed by atoms with Crippen molar-refractivity contribution in [3.63, 3.8) is 0 Å². The van der Waals surface area contributed by atoms with E-state index in [9.17, 15) is 0 Å². The Morgan fingerprint density at radius 3 is 2.33 bits per heavy atom. The molecule has 0 bridgehead atoms. The summed E-state index contributed by atoms with van der Waals surface area (Å²) in [7, 11) is 0. The molecular formula is C25H34ClN5OS. The van der Waals surface area contributed by atoms with E-state index >= 15 is 0 Å². The van der Waals surface area contributed by atoms with Gasteiger partial charge in [0.15, 0.2) is 0 Å². The van der Waals surface area contributed by atoms with Gasteiger partial charge in [0, 0.05) is 41.2 Å². The zero-order valence-electron chi connectivity index (χ0n) is 20.1. The maximum atomic E-state index is 6.43. The molecule has 0 atom stereocenters. The first-order valence-electron chi connectivity index (χ1n) is 11.4. The Bertz CT molecular complexity index is 995. The van der Waals surface area contributed by atoms with Crippen molar-refractivity contribution in [3.8, 4) is 0 Å². The van der Waals surface area contributed by atoms with Gasteiger partial charge < -0.3 is 20.7 Å². The molecule has 8 heteroatoms. The Kier molecular flexibility index (Phi) is 11.3. The van der Waals surface area contributed by atoms with Gasteiger partial charge in [-0.15, -0.1) is 0 Å². The highest BCUT2D eigenvalue weighted by atomic mass is 35.5. The van der Waals surface area contributed by atoms with Crippen LogP contribution in [0.15, 0.2) is 58.6 Å². The number of nitrogens with two attached hydrogens (primary N) is 1. The molecule has 1 fully saturated rings. The van der Waals surface area contributed by atoms with Crippen LogP contribution in [0.2, 0.25) is 5.02 Å². The van der Waals surface area contributed by atoms with Gasteiger partial charge in [0.1, 0.15) is 5.03 Å². The molecule has 0 radical (unpaired) electrons. The summed E-state index contributed by atoms with van der Waals surface area (Å²) in [6.45, 7) is 13.3. The highest BCUT2D eigenvalue weighted by Gasteiger charge is 2.12. The van der Waals surface area contributed by atoms with E-state index in [-0.39, 0.29) is 0 Å². The number of nitrogens with one attached hydrogen (secondary N) is 1. The smallest absolute Gasteiger partial charge is 0.228 e. The largest absolute Gasteiger partial charge is 0.398 e. The third-order valence-corrected chi connectivity index (χ3v) is 6.33. The molecule has 178 valence electrons. The summed E-state index contributed by atoms with van der Waals surface area (Å²) in [5.41, 5.74) is 9.60. The van der Waals surface area contributed by atoms with Crippen molar-refractivity contribution >= 4 is 46.4 Å². The monoisotopic (exact) mass is 487 g/mol. The number of nitrogens with zero attached hydrogens (tertiary/aromatic N) is 3. The van der Waals surface area contributed by atoms with Crippen molar-refractivity contribution < 1.29 is 4.74 Å². The number of hydrogen-bond acceptors (Lipinski definition) is 7. The summed E-state index contributed by atoms with van der Waals surface area (Å²) in [4.78, 5) is 12.2. The predicted molar refractivity (Wildman–Crippen MR) is 142 cm³/mol. The van der Waals surface area contributed by atoms with Gasteiger partial charge in [-0.3, -0.25) is 0 Å². The average molecular weight is 488 g/mol. The lowest BCUT2D eigenvalue weighted by Crippen LogP contribution is -2.36. The molecule has 0 saturated carbocycles. The first kappa shape index (κ1) is 26.8. The normalized spacial score (nSPS) is 12.7. The molecule has 4 rings (SSSR count). The van der Waals surface area contributed by atoms with E-state index in [1.54, 1.807) is 6.20 Å². The van der Waals surface area contributed by atoms with Gasteiger partial charge in [-0.05, 0) is 55.0 Å². The maximum Gasteiger partial charge on any atom is 0.228 e. The van der Waals surface area contributed by atoms with Crippen molar-refractivity contribution in [1.29, 1.82) is 0 Å². The second-order valence-electron chi connectivity index (χ2n) is 6.68. The predicted octanol–water partition coefficient (Wildman–Crippen LogP) is 6.80. The zero-order valence-corrected chi connectivity index (χ0v) is 21.6. The number of ether oxygens (including phenoxy) is 1. The van der Waals surface area contributed by atoms with Crippen molar-refractivity contribution in [2.24, 2.45) is 0 Å². The quantitative estimate of drug-likeness (QED) is 0.302. The van der Waals surface area contributed by atoms with E-state index in [1.807, 2.05) is 65.0 Å². The van der Waals surface area contributed by atoms with Crippen LogP contribution in [0.3, 0.4) is 0 Å². The summed E-state index contributed by atoms with van der Waals surface area (Å²) in [5.74, 6) is 0.539. The Balaban J connectivity index is 0.000000914. The third kappa shape index (κ3) is 7.52. The molecule has 1 aromatic heterocycles. The van der Waals surface area contributed by atoms with Crippen molar-refractivity contribution in [2.45, 2.75) is 44.5 Å². The Morgan fingerprint density at radius 1 is 1.00 bits per heavy atom. The number of anilines is 4. The highest BCUT2D eigenvalue weighted by molar-refractivity contribution is 7.99. The van der Waals surface area contributed by atoms with Gasteiger partial charge in [0.05, 0.1) is 18.2 Å². The molecule has 3 aromatic rings. The number of hydrogen-bond donors (Lipinski definition) is 2. The number of nitrogen functional groups attached to an aromatic ring is 1. The molecule has 3 N–H and O–H groups in total. The lowest BCUT2D eigenvalue weighted by Gasteiger charge is -2.28. The summed E-state index contributed by atoms with van der Waals surface area (Å²) in [6.07, 6.45) is 1.73. The third-order valence-electron chi connectivity index (χ3n) is 4.74. The SMILES string of the molecule is CC.CC.Cc1c(N)ccc(Sc2ccnc(Nc3ccc(N4CCOCC4)cc3)n2)c1Cl. The topological polar surface area (TPSA) is 76.3 Å². The van der Waals surface area contributed by atoms with Crippen LogP contribution in [-0.2, 0) is 4.74 Å². The fourth-order valence-corrected chi connectivity index (χ4v) is 4.19. The van der Waals surface area contributed by atoms with Crippen LogP contribution >= 0.6 is 23.4 Å². The summed E-state index contributed by atoms with van der Waals surface area (Å²) >= 11 is 7.91. The van der Waals surface area contributed by atoms with E-state index < -0.39 is 0 Å². The van der Waals surface area contributed by atoms with Crippen molar-refractivity contribution in [1.82, 2.24) is 9.97 Å². The fraction of sp³-hybridized carbons (Fsp3) is 0.360. The average Bonchev–Trinajstić information content (AvgIpc) is 2.88. The summed E-state index contributed by atoms with van der Waals surface area (Å²) in [6, 6.07) is 13.9. The van der Waals surface area contributed by atoms with Crippen LogP contribution in [0.1, 0.15) is 33.3 Å². The van der Waals surface area contributed by atoms with Crippen LogP contribution in [0, 0.1) is 6.92 Å². The van der Waals surface area contributed by atoms with Crippen molar-refractivity contribution in [2.75, 3.05) is 42.3 Å².